The monoisotopic (exact) mass is 180 g/mol. The molecule has 0 fully saturated rings. The zero-order chi connectivity index (χ0) is 9.26. The lowest BCUT2D eigenvalue weighted by Crippen LogP contribution is -2.30. The lowest BCUT2D eigenvalue weighted by atomic mass is 10.2. The molecule has 0 bridgehead atoms. The summed E-state index contributed by atoms with van der Waals surface area (Å²) in [5.74, 6) is 0. The van der Waals surface area contributed by atoms with Crippen molar-refractivity contribution in [2.24, 2.45) is 5.73 Å². The van der Waals surface area contributed by atoms with E-state index < -0.39 is 0 Å². The summed E-state index contributed by atoms with van der Waals surface area (Å²) in [6.45, 7) is 3.87. The molecular weight excluding hydrogens is 164 g/mol. The molecule has 2 heterocycles. The van der Waals surface area contributed by atoms with Crippen LogP contribution in [-0.4, -0.2) is 34.6 Å². The van der Waals surface area contributed by atoms with Gasteiger partial charge in [0.1, 0.15) is 0 Å². The molecule has 0 atom stereocenters. The second-order valence-corrected chi connectivity index (χ2v) is 3.61. The van der Waals surface area contributed by atoms with Gasteiger partial charge in [0.25, 0.3) is 0 Å². The van der Waals surface area contributed by atoms with E-state index in [1.54, 1.807) is 0 Å². The second kappa shape index (κ2) is 3.47. The highest BCUT2D eigenvalue weighted by atomic mass is 15.2. The predicted octanol–water partition coefficient (Wildman–Crippen LogP) is -0.170. The first kappa shape index (κ1) is 8.72. The summed E-state index contributed by atoms with van der Waals surface area (Å²) in [6.07, 6.45) is 2.84. The molecular formula is C9H16N4. The van der Waals surface area contributed by atoms with Crippen LogP contribution < -0.4 is 5.73 Å². The molecule has 2 N–H and O–H groups in total. The molecule has 1 aliphatic heterocycles. The van der Waals surface area contributed by atoms with Gasteiger partial charge in [-0.1, -0.05) is 0 Å². The van der Waals surface area contributed by atoms with Crippen LogP contribution >= 0.6 is 0 Å². The Bertz CT molecular complexity index is 292. The van der Waals surface area contributed by atoms with E-state index in [2.05, 4.69) is 21.5 Å². The molecule has 72 valence electrons. The van der Waals surface area contributed by atoms with E-state index in [0.29, 0.717) is 6.54 Å². The van der Waals surface area contributed by atoms with Crippen LogP contribution in [0, 0.1) is 0 Å². The van der Waals surface area contributed by atoms with Crippen molar-refractivity contribution in [3.63, 3.8) is 0 Å². The Morgan fingerprint density at radius 2 is 2.38 bits per heavy atom. The minimum absolute atomic E-state index is 0.688. The van der Waals surface area contributed by atoms with Gasteiger partial charge < -0.3 is 10.3 Å². The highest BCUT2D eigenvalue weighted by Gasteiger charge is 2.16. The maximum absolute atomic E-state index is 5.52. The fourth-order valence-corrected chi connectivity index (χ4v) is 1.78. The molecule has 0 aromatic carbocycles. The van der Waals surface area contributed by atoms with Crippen molar-refractivity contribution in [3.05, 3.63) is 17.7 Å². The molecule has 0 saturated carbocycles. The standard InChI is InChI=1S/C9H16N4/c1-12-4-5-13-7-11-8(2-3-10)9(13)6-12/h7H,2-6,10H2,1H3. The van der Waals surface area contributed by atoms with Crippen molar-refractivity contribution in [1.82, 2.24) is 14.5 Å². The van der Waals surface area contributed by atoms with Crippen LogP contribution in [0.2, 0.25) is 0 Å². The van der Waals surface area contributed by atoms with Gasteiger partial charge in [-0.25, -0.2) is 4.98 Å². The van der Waals surface area contributed by atoms with Gasteiger partial charge in [0.05, 0.1) is 17.7 Å². The number of fused-ring (bicyclic) bond motifs is 1. The lowest BCUT2D eigenvalue weighted by molar-refractivity contribution is 0.268. The molecule has 0 radical (unpaired) electrons. The van der Waals surface area contributed by atoms with Gasteiger partial charge in [-0.3, -0.25) is 4.90 Å². The number of aromatic nitrogens is 2. The normalized spacial score (nSPS) is 17.4. The Morgan fingerprint density at radius 3 is 3.15 bits per heavy atom. The topological polar surface area (TPSA) is 47.1 Å². The Labute approximate surface area is 78.4 Å². The first-order valence-electron chi connectivity index (χ1n) is 4.72. The SMILES string of the molecule is CN1CCn2cnc(CCN)c2C1. The van der Waals surface area contributed by atoms with E-state index in [9.17, 15) is 0 Å². The smallest absolute Gasteiger partial charge is 0.0952 e. The molecule has 1 aliphatic rings. The van der Waals surface area contributed by atoms with Crippen LogP contribution in [0.15, 0.2) is 6.33 Å². The zero-order valence-electron chi connectivity index (χ0n) is 8.03. The Balaban J connectivity index is 2.25. The van der Waals surface area contributed by atoms with Crippen molar-refractivity contribution >= 4 is 0 Å². The third-order valence-electron chi connectivity index (χ3n) is 2.56. The minimum atomic E-state index is 0.688. The fourth-order valence-electron chi connectivity index (χ4n) is 1.78. The molecule has 0 amide bonds. The molecule has 0 aliphatic carbocycles. The van der Waals surface area contributed by atoms with Crippen LogP contribution in [0.1, 0.15) is 11.4 Å². The van der Waals surface area contributed by atoms with Crippen molar-refractivity contribution in [2.75, 3.05) is 20.1 Å². The number of nitrogens with zero attached hydrogens (tertiary/aromatic N) is 3. The molecule has 0 saturated heterocycles. The number of hydrogen-bond donors (Lipinski definition) is 1. The maximum Gasteiger partial charge on any atom is 0.0952 e. The number of likely N-dealkylation sites (N-methyl/N-ethyl adjacent to an activating group) is 1. The van der Waals surface area contributed by atoms with Crippen molar-refractivity contribution in [1.29, 1.82) is 0 Å². The zero-order valence-corrected chi connectivity index (χ0v) is 8.03. The van der Waals surface area contributed by atoms with Crippen molar-refractivity contribution in [3.8, 4) is 0 Å². The van der Waals surface area contributed by atoms with Gasteiger partial charge >= 0.3 is 0 Å². The van der Waals surface area contributed by atoms with Crippen LogP contribution in [0.3, 0.4) is 0 Å². The first-order valence-corrected chi connectivity index (χ1v) is 4.72. The summed E-state index contributed by atoms with van der Waals surface area (Å²) in [7, 11) is 2.14. The quantitative estimate of drug-likeness (QED) is 0.687. The van der Waals surface area contributed by atoms with Gasteiger partial charge in [-0.2, -0.15) is 0 Å². The third kappa shape index (κ3) is 1.59. The molecule has 13 heavy (non-hydrogen) atoms. The summed E-state index contributed by atoms with van der Waals surface area (Å²) in [6, 6.07) is 0. The van der Waals surface area contributed by atoms with E-state index in [1.165, 1.54) is 11.4 Å². The number of rotatable bonds is 2. The van der Waals surface area contributed by atoms with Gasteiger partial charge in [0.15, 0.2) is 0 Å². The highest BCUT2D eigenvalue weighted by molar-refractivity contribution is 5.15. The van der Waals surface area contributed by atoms with E-state index >= 15 is 0 Å². The average Bonchev–Trinajstić information content (AvgIpc) is 2.49. The summed E-state index contributed by atoms with van der Waals surface area (Å²) in [5.41, 5.74) is 8.05. The van der Waals surface area contributed by atoms with Gasteiger partial charge in [0, 0.05) is 26.1 Å². The number of hydrogen-bond acceptors (Lipinski definition) is 3. The van der Waals surface area contributed by atoms with Crippen molar-refractivity contribution in [2.45, 2.75) is 19.5 Å². The fraction of sp³-hybridized carbons (Fsp3) is 0.667. The van der Waals surface area contributed by atoms with Crippen molar-refractivity contribution < 1.29 is 0 Å². The average molecular weight is 180 g/mol. The summed E-state index contributed by atoms with van der Waals surface area (Å²) >= 11 is 0. The van der Waals surface area contributed by atoms with Crippen LogP contribution in [-0.2, 0) is 19.5 Å². The first-order chi connectivity index (χ1) is 6.31. The Hall–Kier alpha value is -0.870. The third-order valence-corrected chi connectivity index (χ3v) is 2.56. The van der Waals surface area contributed by atoms with E-state index in [-0.39, 0.29) is 0 Å². The maximum atomic E-state index is 5.52. The highest BCUT2D eigenvalue weighted by Crippen LogP contribution is 2.14. The van der Waals surface area contributed by atoms with E-state index in [1.807, 2.05) is 6.33 Å². The predicted molar refractivity (Wildman–Crippen MR) is 51.3 cm³/mol. The summed E-state index contributed by atoms with van der Waals surface area (Å²) in [5, 5.41) is 0. The van der Waals surface area contributed by atoms with Gasteiger partial charge in [-0.05, 0) is 13.6 Å². The van der Waals surface area contributed by atoms with Crippen LogP contribution in [0.5, 0.6) is 0 Å². The lowest BCUT2D eigenvalue weighted by Gasteiger charge is -2.24. The summed E-state index contributed by atoms with van der Waals surface area (Å²) < 4.78 is 2.24. The Kier molecular flexibility index (Phi) is 2.33. The van der Waals surface area contributed by atoms with Gasteiger partial charge in [-0.15, -0.1) is 0 Å². The largest absolute Gasteiger partial charge is 0.332 e. The molecule has 4 heteroatoms. The second-order valence-electron chi connectivity index (χ2n) is 3.61. The molecule has 0 unspecified atom stereocenters. The van der Waals surface area contributed by atoms with Gasteiger partial charge in [0.2, 0.25) is 0 Å². The number of nitrogens with two attached hydrogens (primary N) is 1. The van der Waals surface area contributed by atoms with E-state index in [0.717, 1.165) is 26.1 Å². The molecule has 0 spiro atoms. The van der Waals surface area contributed by atoms with Crippen LogP contribution in [0.4, 0.5) is 0 Å². The molecule has 4 nitrogen and oxygen atoms in total. The number of imidazole rings is 1. The molecule has 1 aromatic rings. The Morgan fingerprint density at radius 1 is 1.54 bits per heavy atom. The molecule has 2 rings (SSSR count). The minimum Gasteiger partial charge on any atom is -0.332 e. The summed E-state index contributed by atoms with van der Waals surface area (Å²) in [4.78, 5) is 6.69. The molecule has 1 aromatic heterocycles. The van der Waals surface area contributed by atoms with Crippen LogP contribution in [0.25, 0.3) is 0 Å². The van der Waals surface area contributed by atoms with E-state index in [4.69, 9.17) is 5.73 Å².